The van der Waals surface area contributed by atoms with Gasteiger partial charge in [-0.15, -0.1) is 11.8 Å². The first-order valence-electron chi connectivity index (χ1n) is 8.21. The van der Waals surface area contributed by atoms with E-state index in [-0.39, 0.29) is 5.78 Å². The first-order valence-corrected chi connectivity index (χ1v) is 9.19. The number of hydrogen-bond donors (Lipinski definition) is 0. The molecule has 0 bridgehead atoms. The Hall–Kier alpha value is -2.32. The lowest BCUT2D eigenvalue weighted by Crippen LogP contribution is -1.99. The second-order valence-electron chi connectivity index (χ2n) is 6.09. The van der Waals surface area contributed by atoms with Crippen molar-refractivity contribution < 1.29 is 4.79 Å². The predicted octanol–water partition coefficient (Wildman–Crippen LogP) is 5.30. The number of carbonyl (C=O) groups is 1. The molecule has 0 heterocycles. The maximum Gasteiger partial charge on any atom is 0.159 e. The summed E-state index contributed by atoms with van der Waals surface area (Å²) in [7, 11) is 0. The van der Waals surface area contributed by atoms with Crippen LogP contribution in [0.25, 0.3) is 10.5 Å². The van der Waals surface area contributed by atoms with Crippen LogP contribution < -0.4 is 0 Å². The van der Waals surface area contributed by atoms with E-state index in [2.05, 4.69) is 60.7 Å². The van der Waals surface area contributed by atoms with Crippen LogP contribution in [-0.2, 0) is 11.2 Å². The number of ketones is 1. The molecule has 0 saturated carbocycles. The highest BCUT2D eigenvalue weighted by atomic mass is 32.2. The summed E-state index contributed by atoms with van der Waals surface area (Å²) in [5, 5.41) is 0. The fraction of sp³-hybridized carbons (Fsp3) is 0.136. The maximum atomic E-state index is 11.6. The van der Waals surface area contributed by atoms with Gasteiger partial charge in [-0.05, 0) is 40.3 Å². The van der Waals surface area contributed by atoms with Crippen molar-refractivity contribution in [1.82, 2.24) is 0 Å². The van der Waals surface area contributed by atoms with Crippen molar-refractivity contribution in [2.45, 2.75) is 12.8 Å². The zero-order valence-electron chi connectivity index (χ0n) is 13.4. The van der Waals surface area contributed by atoms with Gasteiger partial charge in [0.1, 0.15) is 0 Å². The molecule has 0 aliphatic heterocycles. The lowest BCUT2D eigenvalue weighted by atomic mass is 10.0. The van der Waals surface area contributed by atoms with E-state index < -0.39 is 0 Å². The summed E-state index contributed by atoms with van der Waals surface area (Å²) in [6, 6.07) is 19.3. The molecule has 0 aromatic heterocycles. The van der Waals surface area contributed by atoms with E-state index >= 15 is 0 Å². The van der Waals surface area contributed by atoms with Crippen molar-refractivity contribution in [1.29, 1.82) is 0 Å². The van der Waals surface area contributed by atoms with Gasteiger partial charge in [-0.3, -0.25) is 4.79 Å². The van der Waals surface area contributed by atoms with Crippen molar-refractivity contribution in [3.05, 3.63) is 95.1 Å². The van der Waals surface area contributed by atoms with E-state index in [9.17, 15) is 4.79 Å². The SMILES string of the molecule is O=C1C=C(CSC2=C(c3ccccc3)Cc3ccccc32)C=CC1. The van der Waals surface area contributed by atoms with Gasteiger partial charge in [0.15, 0.2) is 5.78 Å². The van der Waals surface area contributed by atoms with E-state index in [1.54, 1.807) is 6.08 Å². The number of benzene rings is 2. The summed E-state index contributed by atoms with van der Waals surface area (Å²) in [4.78, 5) is 13.0. The lowest BCUT2D eigenvalue weighted by molar-refractivity contribution is -0.113. The fourth-order valence-corrected chi connectivity index (χ4v) is 4.46. The number of rotatable bonds is 4. The molecular formula is C22H18OS. The van der Waals surface area contributed by atoms with Crippen molar-refractivity contribution >= 4 is 28.0 Å². The Labute approximate surface area is 146 Å². The smallest absolute Gasteiger partial charge is 0.159 e. The number of thioether (sulfide) groups is 1. The highest BCUT2D eigenvalue weighted by molar-refractivity contribution is 8.08. The Morgan fingerprint density at radius 1 is 0.958 bits per heavy atom. The number of fused-ring (bicyclic) bond motifs is 1. The molecule has 0 atom stereocenters. The molecule has 0 spiro atoms. The van der Waals surface area contributed by atoms with Crippen LogP contribution in [0.3, 0.4) is 0 Å². The second-order valence-corrected chi connectivity index (χ2v) is 7.07. The summed E-state index contributed by atoms with van der Waals surface area (Å²) < 4.78 is 0. The van der Waals surface area contributed by atoms with Gasteiger partial charge in [-0.25, -0.2) is 0 Å². The Morgan fingerprint density at radius 3 is 2.58 bits per heavy atom. The van der Waals surface area contributed by atoms with Crippen molar-refractivity contribution in [3.8, 4) is 0 Å². The normalized spacial score (nSPS) is 16.3. The summed E-state index contributed by atoms with van der Waals surface area (Å²) in [6.07, 6.45) is 7.35. The lowest BCUT2D eigenvalue weighted by Gasteiger charge is -2.11. The minimum Gasteiger partial charge on any atom is -0.295 e. The van der Waals surface area contributed by atoms with Gasteiger partial charge in [0.25, 0.3) is 0 Å². The first kappa shape index (κ1) is 15.2. The van der Waals surface area contributed by atoms with Gasteiger partial charge in [0.2, 0.25) is 0 Å². The zero-order chi connectivity index (χ0) is 16.4. The molecule has 1 nitrogen and oxygen atoms in total. The number of allylic oxidation sites excluding steroid dienone is 4. The third-order valence-electron chi connectivity index (χ3n) is 4.41. The second kappa shape index (κ2) is 6.66. The molecule has 2 aliphatic carbocycles. The minimum atomic E-state index is 0.206. The van der Waals surface area contributed by atoms with E-state index in [4.69, 9.17) is 0 Å². The molecule has 118 valence electrons. The monoisotopic (exact) mass is 330 g/mol. The van der Waals surface area contributed by atoms with Gasteiger partial charge in [-0.2, -0.15) is 0 Å². The third-order valence-corrected chi connectivity index (χ3v) is 5.64. The molecule has 0 N–H and O–H groups in total. The average molecular weight is 330 g/mol. The Bertz CT molecular complexity index is 872. The van der Waals surface area contributed by atoms with Crippen molar-refractivity contribution in [2.75, 3.05) is 5.75 Å². The summed E-state index contributed by atoms with van der Waals surface area (Å²) in [6.45, 7) is 0. The van der Waals surface area contributed by atoms with Crippen LogP contribution in [-0.4, -0.2) is 11.5 Å². The summed E-state index contributed by atoms with van der Waals surface area (Å²) >= 11 is 1.85. The van der Waals surface area contributed by atoms with Gasteiger partial charge in [0.05, 0.1) is 0 Å². The van der Waals surface area contributed by atoms with Crippen LogP contribution in [0.4, 0.5) is 0 Å². The van der Waals surface area contributed by atoms with E-state index in [0.717, 1.165) is 17.7 Å². The zero-order valence-corrected chi connectivity index (χ0v) is 14.2. The van der Waals surface area contributed by atoms with E-state index in [1.807, 2.05) is 17.8 Å². The van der Waals surface area contributed by atoms with Crippen LogP contribution in [0, 0.1) is 0 Å². The molecule has 0 fully saturated rings. The van der Waals surface area contributed by atoms with Gasteiger partial charge in [-0.1, -0.05) is 66.7 Å². The Morgan fingerprint density at radius 2 is 1.75 bits per heavy atom. The van der Waals surface area contributed by atoms with Crippen LogP contribution in [0.2, 0.25) is 0 Å². The fourth-order valence-electron chi connectivity index (χ4n) is 3.25. The molecule has 24 heavy (non-hydrogen) atoms. The predicted molar refractivity (Wildman–Crippen MR) is 103 cm³/mol. The van der Waals surface area contributed by atoms with Crippen LogP contribution in [0.5, 0.6) is 0 Å². The molecule has 0 unspecified atom stereocenters. The van der Waals surface area contributed by atoms with Gasteiger partial charge in [0, 0.05) is 17.1 Å². The first-order chi connectivity index (χ1) is 11.8. The van der Waals surface area contributed by atoms with Crippen molar-refractivity contribution in [2.24, 2.45) is 0 Å². The molecule has 2 aromatic rings. The van der Waals surface area contributed by atoms with Crippen molar-refractivity contribution in [3.63, 3.8) is 0 Å². The summed E-state index contributed by atoms with van der Waals surface area (Å²) in [5.74, 6) is 1.04. The minimum absolute atomic E-state index is 0.206. The summed E-state index contributed by atoms with van der Waals surface area (Å²) in [5.41, 5.74) is 6.53. The number of hydrogen-bond acceptors (Lipinski definition) is 2. The molecule has 2 aromatic carbocycles. The largest absolute Gasteiger partial charge is 0.295 e. The molecule has 0 saturated heterocycles. The van der Waals surface area contributed by atoms with Gasteiger partial charge < -0.3 is 0 Å². The quantitative estimate of drug-likeness (QED) is 0.757. The molecule has 0 amide bonds. The highest BCUT2D eigenvalue weighted by Crippen LogP contribution is 2.45. The maximum absolute atomic E-state index is 11.6. The molecule has 2 aliphatic rings. The Kier molecular flexibility index (Phi) is 4.22. The Balaban J connectivity index is 1.67. The molecule has 0 radical (unpaired) electrons. The highest BCUT2D eigenvalue weighted by Gasteiger charge is 2.22. The molecule has 4 rings (SSSR count). The topological polar surface area (TPSA) is 17.1 Å². The molecular weight excluding hydrogens is 312 g/mol. The standard InChI is InChI=1S/C22H18OS/c23-19-11-6-7-16(13-19)15-24-22-20-12-5-4-10-18(20)14-21(22)17-8-2-1-3-9-17/h1-10,12-13H,11,14-15H2. The van der Waals surface area contributed by atoms with E-state index in [1.165, 1.54) is 27.2 Å². The van der Waals surface area contributed by atoms with Crippen LogP contribution in [0.1, 0.15) is 23.1 Å². The average Bonchev–Trinajstić information content (AvgIpc) is 2.99. The molecule has 2 heteroatoms. The van der Waals surface area contributed by atoms with E-state index in [0.29, 0.717) is 6.42 Å². The number of carbonyl (C=O) groups excluding carboxylic acids is 1. The third kappa shape index (κ3) is 3.02. The van der Waals surface area contributed by atoms with Gasteiger partial charge >= 0.3 is 0 Å². The van der Waals surface area contributed by atoms with Crippen LogP contribution in [0.15, 0.2) is 78.4 Å². The van der Waals surface area contributed by atoms with Crippen LogP contribution >= 0.6 is 11.8 Å².